The lowest BCUT2D eigenvalue weighted by atomic mass is 10.1. The summed E-state index contributed by atoms with van der Waals surface area (Å²) in [6, 6.07) is 18.5. The number of nitrogens with zero attached hydrogens (tertiary/aromatic N) is 4. The van der Waals surface area contributed by atoms with E-state index in [1.165, 1.54) is 12.1 Å². The van der Waals surface area contributed by atoms with Crippen LogP contribution in [0.5, 0.6) is 0 Å². The molecule has 29 heavy (non-hydrogen) atoms. The number of amides is 1. The Morgan fingerprint density at radius 1 is 0.931 bits per heavy atom. The average Bonchev–Trinajstić information content (AvgIpc) is 3.27. The van der Waals surface area contributed by atoms with Gasteiger partial charge in [0.2, 0.25) is 5.91 Å². The minimum Gasteiger partial charge on any atom is -0.339 e. The molecule has 0 spiro atoms. The van der Waals surface area contributed by atoms with Crippen LogP contribution in [-0.2, 0) is 11.2 Å². The molecule has 2 aromatic carbocycles. The Morgan fingerprint density at radius 2 is 1.69 bits per heavy atom. The van der Waals surface area contributed by atoms with Gasteiger partial charge in [-0.1, -0.05) is 12.1 Å². The molecule has 2 aromatic heterocycles. The molecule has 7 nitrogen and oxygen atoms in total. The number of anilines is 3. The van der Waals surface area contributed by atoms with Gasteiger partial charge in [0.15, 0.2) is 11.6 Å². The number of carbonyl (C=O) groups excluding carboxylic acids is 1. The third-order valence-corrected chi connectivity index (χ3v) is 4.11. The summed E-state index contributed by atoms with van der Waals surface area (Å²) in [5.41, 5.74) is 2.23. The smallest absolute Gasteiger partial charge is 0.228 e. The fraction of sp³-hybridized carbons (Fsp3) is 0.0476. The van der Waals surface area contributed by atoms with Crippen LogP contribution in [0.4, 0.5) is 21.6 Å². The van der Waals surface area contributed by atoms with Crippen LogP contribution in [0.1, 0.15) is 5.56 Å². The topological polar surface area (TPSA) is 84.7 Å². The maximum atomic E-state index is 12.9. The highest BCUT2D eigenvalue weighted by Crippen LogP contribution is 2.18. The molecular formula is C21H17FN6O. The number of nitrogens with one attached hydrogen (secondary N) is 2. The van der Waals surface area contributed by atoms with Crippen LogP contribution in [0, 0.1) is 5.82 Å². The number of halogens is 1. The van der Waals surface area contributed by atoms with Gasteiger partial charge in [0.25, 0.3) is 0 Å². The Bertz CT molecular complexity index is 1080. The molecule has 4 aromatic rings. The van der Waals surface area contributed by atoms with Crippen LogP contribution in [0.3, 0.4) is 0 Å². The van der Waals surface area contributed by atoms with Gasteiger partial charge < -0.3 is 10.6 Å². The van der Waals surface area contributed by atoms with Crippen molar-refractivity contribution in [3.05, 3.63) is 90.5 Å². The summed E-state index contributed by atoms with van der Waals surface area (Å²) < 4.78 is 14.6. The molecule has 0 aliphatic heterocycles. The molecule has 2 heterocycles. The van der Waals surface area contributed by atoms with E-state index in [-0.39, 0.29) is 18.1 Å². The maximum Gasteiger partial charge on any atom is 0.228 e. The standard InChI is InChI=1S/C21H17FN6O/c22-16-4-2-15(3-5-16)14-21(29)25-18-8-6-17(7-9-18)24-19-10-11-20(27-26-19)28-13-1-12-23-28/h1-13H,14H2,(H,24,26)(H,25,29). The summed E-state index contributed by atoms with van der Waals surface area (Å²) >= 11 is 0. The van der Waals surface area contributed by atoms with Crippen molar-refractivity contribution in [2.75, 3.05) is 10.6 Å². The van der Waals surface area contributed by atoms with E-state index in [2.05, 4.69) is 25.9 Å². The monoisotopic (exact) mass is 388 g/mol. The van der Waals surface area contributed by atoms with Crippen molar-refractivity contribution in [3.8, 4) is 5.82 Å². The van der Waals surface area contributed by atoms with Crippen molar-refractivity contribution < 1.29 is 9.18 Å². The fourth-order valence-corrected chi connectivity index (χ4v) is 2.70. The van der Waals surface area contributed by atoms with Gasteiger partial charge in [-0.2, -0.15) is 5.10 Å². The predicted molar refractivity (Wildman–Crippen MR) is 108 cm³/mol. The normalized spacial score (nSPS) is 10.5. The van der Waals surface area contributed by atoms with Gasteiger partial charge in [0.1, 0.15) is 5.82 Å². The van der Waals surface area contributed by atoms with E-state index in [1.54, 1.807) is 41.3 Å². The zero-order valence-electron chi connectivity index (χ0n) is 15.3. The molecule has 0 fully saturated rings. The lowest BCUT2D eigenvalue weighted by molar-refractivity contribution is -0.115. The van der Waals surface area contributed by atoms with Crippen LogP contribution in [-0.4, -0.2) is 25.9 Å². The number of rotatable bonds is 6. The molecule has 8 heteroatoms. The predicted octanol–water partition coefficient (Wildman–Crippen LogP) is 3.73. The van der Waals surface area contributed by atoms with Gasteiger partial charge in [-0.3, -0.25) is 4.79 Å². The molecule has 144 valence electrons. The minimum atomic E-state index is -0.321. The van der Waals surface area contributed by atoms with Crippen molar-refractivity contribution in [2.24, 2.45) is 0 Å². The Morgan fingerprint density at radius 3 is 2.34 bits per heavy atom. The van der Waals surface area contributed by atoms with E-state index in [1.807, 2.05) is 30.3 Å². The molecule has 0 atom stereocenters. The molecule has 2 N–H and O–H groups in total. The molecule has 0 radical (unpaired) electrons. The second-order valence-corrected chi connectivity index (χ2v) is 6.28. The summed E-state index contributed by atoms with van der Waals surface area (Å²) in [6.45, 7) is 0. The Hall–Kier alpha value is -4.07. The first kappa shape index (κ1) is 18.3. The molecular weight excluding hydrogens is 371 g/mol. The molecule has 0 unspecified atom stereocenters. The Balaban J connectivity index is 1.34. The van der Waals surface area contributed by atoms with Crippen molar-refractivity contribution in [1.29, 1.82) is 0 Å². The van der Waals surface area contributed by atoms with Gasteiger partial charge in [-0.15, -0.1) is 10.2 Å². The summed E-state index contributed by atoms with van der Waals surface area (Å²) in [6.07, 6.45) is 3.65. The van der Waals surface area contributed by atoms with Gasteiger partial charge >= 0.3 is 0 Å². The first-order chi connectivity index (χ1) is 14.2. The van der Waals surface area contributed by atoms with Crippen molar-refractivity contribution in [3.63, 3.8) is 0 Å². The number of carbonyl (C=O) groups is 1. The van der Waals surface area contributed by atoms with E-state index in [0.717, 1.165) is 11.3 Å². The molecule has 0 saturated carbocycles. The van der Waals surface area contributed by atoms with Gasteiger partial charge in [-0.25, -0.2) is 9.07 Å². The SMILES string of the molecule is O=C(Cc1ccc(F)cc1)Nc1ccc(Nc2ccc(-n3cccn3)nn2)cc1. The van der Waals surface area contributed by atoms with Crippen molar-refractivity contribution >= 4 is 23.1 Å². The summed E-state index contributed by atoms with van der Waals surface area (Å²) in [7, 11) is 0. The molecule has 0 saturated heterocycles. The number of aromatic nitrogens is 4. The third kappa shape index (κ3) is 4.81. The van der Waals surface area contributed by atoms with Crippen LogP contribution in [0.25, 0.3) is 5.82 Å². The van der Waals surface area contributed by atoms with Crippen LogP contribution >= 0.6 is 0 Å². The maximum absolute atomic E-state index is 12.9. The molecule has 0 bridgehead atoms. The molecule has 1 amide bonds. The van der Waals surface area contributed by atoms with E-state index < -0.39 is 0 Å². The van der Waals surface area contributed by atoms with Gasteiger partial charge in [-0.05, 0) is 60.2 Å². The third-order valence-electron chi connectivity index (χ3n) is 4.11. The Labute approximate surface area is 166 Å². The van der Waals surface area contributed by atoms with Gasteiger partial charge in [0, 0.05) is 23.8 Å². The molecule has 0 aliphatic rings. The second kappa shape index (κ2) is 8.30. The zero-order valence-corrected chi connectivity index (χ0v) is 15.3. The fourth-order valence-electron chi connectivity index (χ4n) is 2.70. The highest BCUT2D eigenvalue weighted by Gasteiger charge is 2.05. The van der Waals surface area contributed by atoms with Crippen molar-refractivity contribution in [2.45, 2.75) is 6.42 Å². The lowest BCUT2D eigenvalue weighted by Crippen LogP contribution is -2.14. The average molecular weight is 388 g/mol. The quantitative estimate of drug-likeness (QED) is 0.526. The van der Waals surface area contributed by atoms with Crippen LogP contribution in [0.2, 0.25) is 0 Å². The molecule has 0 aliphatic carbocycles. The first-order valence-electron chi connectivity index (χ1n) is 8.91. The highest BCUT2D eigenvalue weighted by atomic mass is 19.1. The number of hydrogen-bond acceptors (Lipinski definition) is 5. The first-order valence-corrected chi connectivity index (χ1v) is 8.91. The summed E-state index contributed by atoms with van der Waals surface area (Å²) in [5.74, 6) is 0.726. The number of benzene rings is 2. The largest absolute Gasteiger partial charge is 0.339 e. The van der Waals surface area contributed by atoms with Gasteiger partial charge in [0.05, 0.1) is 6.42 Å². The summed E-state index contributed by atoms with van der Waals surface area (Å²) in [5, 5.41) is 18.3. The Kier molecular flexibility index (Phi) is 5.24. The minimum absolute atomic E-state index is 0.169. The highest BCUT2D eigenvalue weighted by molar-refractivity contribution is 5.92. The van der Waals surface area contributed by atoms with Crippen LogP contribution in [0.15, 0.2) is 79.1 Å². The van der Waals surface area contributed by atoms with E-state index in [9.17, 15) is 9.18 Å². The van der Waals surface area contributed by atoms with E-state index in [0.29, 0.717) is 17.3 Å². The zero-order chi connectivity index (χ0) is 20.1. The van der Waals surface area contributed by atoms with E-state index >= 15 is 0 Å². The van der Waals surface area contributed by atoms with E-state index in [4.69, 9.17) is 0 Å². The lowest BCUT2D eigenvalue weighted by Gasteiger charge is -2.08. The molecule has 4 rings (SSSR count). The van der Waals surface area contributed by atoms with Crippen LogP contribution < -0.4 is 10.6 Å². The second-order valence-electron chi connectivity index (χ2n) is 6.28. The number of hydrogen-bond donors (Lipinski definition) is 2. The van der Waals surface area contributed by atoms with Crippen molar-refractivity contribution in [1.82, 2.24) is 20.0 Å². The summed E-state index contributed by atoms with van der Waals surface area (Å²) in [4.78, 5) is 12.1.